The van der Waals surface area contributed by atoms with E-state index in [9.17, 15) is 105 Å². The fourth-order valence-corrected chi connectivity index (χ4v) is 8.16. The van der Waals surface area contributed by atoms with Gasteiger partial charge in [-0.05, 0) is 53.7 Å². The van der Waals surface area contributed by atoms with E-state index in [4.69, 9.17) is 4.74 Å². The normalized spacial score (nSPS) is 13.6. The van der Waals surface area contributed by atoms with Gasteiger partial charge in [0.2, 0.25) is 0 Å². The lowest BCUT2D eigenvalue weighted by Crippen LogP contribution is -2.75. The Balaban J connectivity index is 0.000000671. The molecular formula is C44H31BF24OS. The van der Waals surface area contributed by atoms with Crippen molar-refractivity contribution in [2.75, 3.05) is 19.1 Å². The first-order valence-electron chi connectivity index (χ1n) is 19.6. The zero-order valence-corrected chi connectivity index (χ0v) is 36.6. The minimum Gasteiger partial charge on any atom is -0.494 e. The smallest absolute Gasteiger partial charge is 0.416 e. The number of ether oxygens (including phenoxy) is 1. The highest BCUT2D eigenvalue weighted by molar-refractivity contribution is 7.94. The Morgan fingerprint density at radius 1 is 0.352 bits per heavy atom. The lowest BCUT2D eigenvalue weighted by Gasteiger charge is -2.46. The Bertz CT molecular complexity index is 2190. The number of rotatable bonds is 9. The van der Waals surface area contributed by atoms with Gasteiger partial charge in [-0.15, -0.1) is 0 Å². The molecule has 0 bridgehead atoms. The molecule has 0 saturated heterocycles. The van der Waals surface area contributed by atoms with Crippen molar-refractivity contribution >= 4 is 38.9 Å². The molecule has 0 heterocycles. The van der Waals surface area contributed by atoms with Gasteiger partial charge in [-0.1, -0.05) is 67.6 Å². The van der Waals surface area contributed by atoms with E-state index in [1.54, 1.807) is 0 Å². The van der Waals surface area contributed by atoms with Gasteiger partial charge in [-0.25, -0.2) is 0 Å². The van der Waals surface area contributed by atoms with Crippen molar-refractivity contribution in [2.45, 2.75) is 68.5 Å². The fraction of sp³-hybridized carbons (Fsp3) is 0.318. The number of hydrogen-bond donors (Lipinski definition) is 0. The molecule has 0 spiro atoms. The summed E-state index contributed by atoms with van der Waals surface area (Å²) in [6.07, 6.45) is -49.2. The predicted octanol–water partition coefficient (Wildman–Crippen LogP) is 14.1. The second-order valence-corrected chi connectivity index (χ2v) is 18.1. The second-order valence-electron chi connectivity index (χ2n) is 15.8. The molecular weight excluding hydrogens is 1040 g/mol. The van der Waals surface area contributed by atoms with Crippen LogP contribution in [-0.2, 0) is 66.1 Å². The van der Waals surface area contributed by atoms with E-state index < -0.39 is 195 Å². The topological polar surface area (TPSA) is 9.23 Å². The first kappa shape index (κ1) is 58.2. The van der Waals surface area contributed by atoms with E-state index in [-0.39, 0.29) is 0 Å². The molecule has 1 nitrogen and oxygen atoms in total. The molecule has 390 valence electrons. The van der Waals surface area contributed by atoms with Crippen molar-refractivity contribution in [1.82, 2.24) is 0 Å². The molecule has 0 aliphatic heterocycles. The second kappa shape index (κ2) is 20.3. The summed E-state index contributed by atoms with van der Waals surface area (Å²) < 4.78 is 346. The third kappa shape index (κ3) is 14.4. The van der Waals surface area contributed by atoms with Gasteiger partial charge in [0.05, 0.1) is 63.6 Å². The monoisotopic (exact) mass is 1070 g/mol. The van der Waals surface area contributed by atoms with Crippen LogP contribution in [0, 0.1) is 0 Å². The third-order valence-electron chi connectivity index (χ3n) is 10.3. The predicted molar refractivity (Wildman–Crippen MR) is 215 cm³/mol. The summed E-state index contributed by atoms with van der Waals surface area (Å²) >= 11 is 0. The maximum Gasteiger partial charge on any atom is 0.416 e. The van der Waals surface area contributed by atoms with E-state index in [0.29, 0.717) is 10.9 Å². The third-order valence-corrected chi connectivity index (χ3v) is 11.2. The maximum absolute atomic E-state index is 14.2. The largest absolute Gasteiger partial charge is 0.494 e. The molecule has 0 fully saturated rings. The van der Waals surface area contributed by atoms with Gasteiger partial charge in [-0.2, -0.15) is 127 Å². The zero-order valence-electron chi connectivity index (χ0n) is 35.8. The molecule has 0 aliphatic carbocycles. The molecule has 5 aromatic carbocycles. The molecule has 71 heavy (non-hydrogen) atoms. The molecule has 0 N–H and O–H groups in total. The van der Waals surface area contributed by atoms with E-state index in [1.807, 2.05) is 0 Å². The number of halogens is 24. The molecule has 0 aliphatic rings. The van der Waals surface area contributed by atoms with E-state index in [2.05, 4.69) is 43.7 Å². The minimum absolute atomic E-state index is 0.481. The summed E-state index contributed by atoms with van der Waals surface area (Å²) in [5.74, 6) is 2.16. The highest BCUT2D eigenvalue weighted by Gasteiger charge is 2.47. The number of hydrogen-bond acceptors (Lipinski definition) is 1. The zero-order chi connectivity index (χ0) is 54.3. The Labute approximate surface area is 389 Å². The molecule has 5 aromatic rings. The van der Waals surface area contributed by atoms with Gasteiger partial charge in [0, 0.05) is 5.56 Å². The summed E-state index contributed by atoms with van der Waals surface area (Å²) in [7, 11) is 0.481. The van der Waals surface area contributed by atoms with Crippen molar-refractivity contribution < 1.29 is 110 Å². The Morgan fingerprint density at radius 3 is 0.732 bits per heavy atom. The van der Waals surface area contributed by atoms with Crippen molar-refractivity contribution in [3.63, 3.8) is 0 Å². The highest BCUT2D eigenvalue weighted by atomic mass is 32.2. The SMILES string of the molecule is CCCOc1ccc(C[S+](C)C)cc1.FC(F)(F)c1cc([B-](c2cc(C(F)(F)F)cc(C(F)(F)F)c2)(c2cc(C(F)(F)F)cc(C(F)(F)F)c2)c2cc(C(F)(F)F)cc(C(F)(F)F)c2)cc(C(F)(F)F)c1. The Morgan fingerprint density at radius 2 is 0.563 bits per heavy atom. The van der Waals surface area contributed by atoms with Crippen LogP contribution in [0.1, 0.15) is 63.4 Å². The van der Waals surface area contributed by atoms with Gasteiger partial charge < -0.3 is 4.74 Å². The van der Waals surface area contributed by atoms with Crippen LogP contribution in [0.5, 0.6) is 5.75 Å². The molecule has 0 saturated carbocycles. The average molecular weight is 1070 g/mol. The lowest BCUT2D eigenvalue weighted by atomic mass is 9.12. The molecule has 0 radical (unpaired) electrons. The Kier molecular flexibility index (Phi) is 16.6. The van der Waals surface area contributed by atoms with Crippen molar-refractivity contribution in [1.29, 1.82) is 0 Å². The van der Waals surface area contributed by atoms with Gasteiger partial charge in [0.15, 0.2) is 0 Å². The first-order valence-corrected chi connectivity index (χ1v) is 21.8. The highest BCUT2D eigenvalue weighted by Crippen LogP contribution is 2.41. The summed E-state index contributed by atoms with van der Waals surface area (Å²) in [6, 6.07) is -0.346. The van der Waals surface area contributed by atoms with E-state index >= 15 is 0 Å². The summed E-state index contributed by atoms with van der Waals surface area (Å²) in [5, 5.41) is 0. The average Bonchev–Trinajstić information content (AvgIpc) is 3.21. The number of alkyl halides is 24. The van der Waals surface area contributed by atoms with E-state index in [0.717, 1.165) is 18.8 Å². The molecule has 5 rings (SSSR count). The van der Waals surface area contributed by atoms with Crippen molar-refractivity contribution in [3.05, 3.63) is 147 Å². The summed E-state index contributed by atoms with van der Waals surface area (Å²) in [4.78, 5) is 0. The van der Waals surface area contributed by atoms with Crippen molar-refractivity contribution in [3.8, 4) is 5.75 Å². The van der Waals surface area contributed by atoms with Crippen LogP contribution >= 0.6 is 0 Å². The van der Waals surface area contributed by atoms with Gasteiger partial charge in [-0.3, -0.25) is 0 Å². The van der Waals surface area contributed by atoms with E-state index in [1.165, 1.54) is 11.3 Å². The van der Waals surface area contributed by atoms with Crippen LogP contribution in [0.25, 0.3) is 0 Å². The van der Waals surface area contributed by atoms with Crippen LogP contribution in [0.15, 0.2) is 97.1 Å². The van der Waals surface area contributed by atoms with Crippen LogP contribution in [0.2, 0.25) is 0 Å². The molecule has 0 atom stereocenters. The minimum atomic E-state index is -6.13. The Hall–Kier alpha value is -5.37. The van der Waals surface area contributed by atoms with Crippen LogP contribution in [0.3, 0.4) is 0 Å². The van der Waals surface area contributed by atoms with Crippen LogP contribution in [0.4, 0.5) is 105 Å². The molecule has 0 unspecified atom stereocenters. The summed E-state index contributed by atoms with van der Waals surface area (Å²) in [5.41, 5.74) is -28.8. The quantitative estimate of drug-likeness (QED) is 0.0812. The van der Waals surface area contributed by atoms with Crippen LogP contribution < -0.4 is 26.6 Å². The van der Waals surface area contributed by atoms with Gasteiger partial charge in [0.1, 0.15) is 17.6 Å². The van der Waals surface area contributed by atoms with Crippen LogP contribution in [-0.4, -0.2) is 25.3 Å². The van der Waals surface area contributed by atoms with Crippen molar-refractivity contribution in [2.24, 2.45) is 0 Å². The number of benzene rings is 5. The first-order chi connectivity index (χ1) is 32.0. The maximum atomic E-state index is 14.2. The standard InChI is InChI=1S/C32H12BF24.C12H19OS/c34-25(35,36)13-1-14(26(37,38)39)6-21(5-13)33(22-7-15(27(40,41)42)2-16(8-22)28(43,44)45,23-9-17(29(46,47)48)3-18(10-23)30(49,50)51)24-11-19(31(52,53)54)4-20(12-24)32(55,56)57;1-4-9-13-12-7-5-11(6-8-12)10-14(2)3/h1-12H;5-8H,4,9-10H2,1-3H3/q-1;+1. The van der Waals surface area contributed by atoms with Gasteiger partial charge in [0.25, 0.3) is 0 Å². The lowest BCUT2D eigenvalue weighted by molar-refractivity contribution is -0.144. The molecule has 0 aromatic heterocycles. The van der Waals surface area contributed by atoms with Gasteiger partial charge >= 0.3 is 49.4 Å². The molecule has 0 amide bonds. The molecule has 27 heteroatoms. The fourth-order valence-electron chi connectivity index (χ4n) is 7.31. The summed E-state index contributed by atoms with van der Waals surface area (Å²) in [6.45, 7) is 2.93.